The molecular weight excluding hydrogens is 72.0 g/mol. The first-order chi connectivity index (χ1) is 2.41. The average Bonchev–Trinajstić information content (AvgIpc) is 1.41. The lowest BCUT2D eigenvalue weighted by molar-refractivity contribution is -0.445. The molecule has 0 heterocycles. The first-order valence-electron chi connectivity index (χ1n) is 0.908. The van der Waals surface area contributed by atoms with Gasteiger partial charge in [0.15, 0.2) is 0 Å². The molecule has 0 unspecified atom stereocenters. The van der Waals surface area contributed by atoms with Crippen molar-refractivity contribution in [1.82, 2.24) is 0 Å². The zero-order valence-corrected chi connectivity index (χ0v) is 2.32. The Morgan fingerprint density at radius 1 is 1.20 bits per heavy atom. The quantitative estimate of drug-likeness (QED) is 0.176. The standard InChI is InChI=1S/CH2N2O2/c4-2-1-3-5/h2-3H. The zero-order chi connectivity index (χ0) is 4.12. The van der Waals surface area contributed by atoms with E-state index in [1.807, 2.05) is 0 Å². The number of rotatable bonds is 0. The fraction of sp³-hybridized carbons (Fsp3) is 0. The predicted octanol–water partition coefficient (Wildman–Crippen LogP) is -3.68. The second-order valence-corrected chi connectivity index (χ2v) is 0.329. The van der Waals surface area contributed by atoms with Crippen molar-refractivity contribution in [1.29, 1.82) is 0 Å². The molecule has 0 saturated heterocycles. The molecule has 5 heavy (non-hydrogen) atoms. The Balaban J connectivity index is 3.26. The van der Waals surface area contributed by atoms with E-state index in [4.69, 9.17) is 10.4 Å². The summed E-state index contributed by atoms with van der Waals surface area (Å²) < 4.78 is 0. The molecule has 4 heteroatoms. The Morgan fingerprint density at radius 3 is 1.60 bits per heavy atom. The molecule has 0 atom stereocenters. The van der Waals surface area contributed by atoms with Crippen molar-refractivity contribution in [2.45, 2.75) is 0 Å². The monoisotopic (exact) mass is 74.0 g/mol. The highest BCUT2D eigenvalue weighted by Gasteiger charge is 1.44. The topological polar surface area (TPSA) is 74.1 Å². The van der Waals surface area contributed by atoms with Gasteiger partial charge in [0.25, 0.3) is 0 Å². The maximum absolute atomic E-state index is 8.91. The van der Waals surface area contributed by atoms with Gasteiger partial charge in [-0.05, 0) is 0 Å². The van der Waals surface area contributed by atoms with Crippen molar-refractivity contribution < 1.29 is 10.3 Å². The van der Waals surface area contributed by atoms with Crippen LogP contribution in [0.2, 0.25) is 0 Å². The summed E-state index contributed by atoms with van der Waals surface area (Å²) in [6, 6.07) is 1.50. The van der Waals surface area contributed by atoms with Crippen molar-refractivity contribution in [2.24, 2.45) is 0 Å². The van der Waals surface area contributed by atoms with Crippen LogP contribution < -0.4 is 10.3 Å². The largest absolute Gasteiger partial charge is 0.613 e. The van der Waals surface area contributed by atoms with Crippen LogP contribution in [0.1, 0.15) is 0 Å². The maximum Gasteiger partial charge on any atom is 0.498 e. The van der Waals surface area contributed by atoms with Crippen LogP contribution in [-0.4, -0.2) is 6.01 Å². The second-order valence-electron chi connectivity index (χ2n) is 0.329. The summed E-state index contributed by atoms with van der Waals surface area (Å²) in [6.45, 7) is 0. The van der Waals surface area contributed by atoms with Gasteiger partial charge in [-0.25, -0.2) is 0 Å². The summed E-state index contributed by atoms with van der Waals surface area (Å²) in [4.78, 5) is 0. The first-order valence-corrected chi connectivity index (χ1v) is 0.908. The van der Waals surface area contributed by atoms with Crippen LogP contribution in [0, 0.1) is 10.4 Å². The lowest BCUT2D eigenvalue weighted by Crippen LogP contribution is -2.72. The molecule has 0 spiro atoms. The average molecular weight is 74.0 g/mol. The van der Waals surface area contributed by atoms with Gasteiger partial charge in [-0.3, -0.25) is 0 Å². The van der Waals surface area contributed by atoms with E-state index in [9.17, 15) is 0 Å². The van der Waals surface area contributed by atoms with Crippen molar-refractivity contribution in [3.05, 3.63) is 10.4 Å². The van der Waals surface area contributed by atoms with Crippen LogP contribution in [0.15, 0.2) is 0 Å². The molecule has 0 saturated carbocycles. The van der Waals surface area contributed by atoms with E-state index in [2.05, 4.69) is 0 Å². The molecule has 0 bridgehead atoms. The molecule has 0 aromatic carbocycles. The third-order valence-corrected chi connectivity index (χ3v) is 0.102. The molecule has 0 aliphatic heterocycles. The highest BCUT2D eigenvalue weighted by Crippen LogP contribution is 0.674. The van der Waals surface area contributed by atoms with Crippen molar-refractivity contribution >= 4 is 6.01 Å². The van der Waals surface area contributed by atoms with Crippen molar-refractivity contribution in [2.75, 3.05) is 0 Å². The van der Waals surface area contributed by atoms with Gasteiger partial charge in [0.05, 0.1) is 0 Å². The van der Waals surface area contributed by atoms with E-state index in [1.165, 1.54) is 6.01 Å². The van der Waals surface area contributed by atoms with E-state index in [0.717, 1.165) is 10.3 Å². The second kappa shape index (κ2) is 2.98. The van der Waals surface area contributed by atoms with E-state index in [0.29, 0.717) is 0 Å². The molecule has 0 aromatic heterocycles. The summed E-state index contributed by atoms with van der Waals surface area (Å²) in [5.74, 6) is 0. The molecule has 0 amide bonds. The van der Waals surface area contributed by atoms with Gasteiger partial charge in [-0.2, -0.15) is 0 Å². The lowest BCUT2D eigenvalue weighted by atomic mass is 11.6. The predicted molar refractivity (Wildman–Crippen MR) is 13.7 cm³/mol. The highest BCUT2D eigenvalue weighted by molar-refractivity contribution is 5.22. The SMILES string of the molecule is [O-][NH+]=C=[NH+][O-]. The van der Waals surface area contributed by atoms with E-state index >= 15 is 0 Å². The van der Waals surface area contributed by atoms with Gasteiger partial charge in [0.2, 0.25) is 0 Å². The third kappa shape index (κ3) is 2.98. The summed E-state index contributed by atoms with van der Waals surface area (Å²) >= 11 is 0. The van der Waals surface area contributed by atoms with E-state index in [-0.39, 0.29) is 0 Å². The number of hydrogen-bond donors (Lipinski definition) is 2. The lowest BCUT2D eigenvalue weighted by Gasteiger charge is -1.60. The summed E-state index contributed by atoms with van der Waals surface area (Å²) in [7, 11) is 0. The van der Waals surface area contributed by atoms with Crippen LogP contribution in [0.25, 0.3) is 0 Å². The smallest absolute Gasteiger partial charge is 0.498 e. The van der Waals surface area contributed by atoms with Gasteiger partial charge >= 0.3 is 6.01 Å². The van der Waals surface area contributed by atoms with Crippen LogP contribution >= 0.6 is 0 Å². The molecule has 2 N–H and O–H groups in total. The molecule has 0 aliphatic carbocycles. The molecule has 0 rings (SSSR count). The van der Waals surface area contributed by atoms with Gasteiger partial charge in [-0.1, -0.05) is 0 Å². The van der Waals surface area contributed by atoms with Gasteiger partial charge < -0.3 is 10.4 Å². The van der Waals surface area contributed by atoms with Crippen LogP contribution in [-0.2, 0) is 0 Å². The zero-order valence-electron chi connectivity index (χ0n) is 2.32. The van der Waals surface area contributed by atoms with Crippen LogP contribution in [0.4, 0.5) is 0 Å². The van der Waals surface area contributed by atoms with Gasteiger partial charge in [0, 0.05) is 0 Å². The van der Waals surface area contributed by atoms with Crippen LogP contribution in [0.3, 0.4) is 0 Å². The Kier molecular flexibility index (Phi) is 2.37. The highest BCUT2D eigenvalue weighted by atomic mass is 16.5. The normalized spacial score (nSPS) is 4.80. The number of hydrogen-bond acceptors (Lipinski definition) is 2. The van der Waals surface area contributed by atoms with Crippen LogP contribution in [0.5, 0.6) is 0 Å². The number of nitrogens with one attached hydrogen (secondary N) is 2. The Hall–Kier alpha value is -1.02. The van der Waals surface area contributed by atoms with E-state index < -0.39 is 0 Å². The summed E-state index contributed by atoms with van der Waals surface area (Å²) in [5.41, 5.74) is 0. The maximum atomic E-state index is 8.91. The van der Waals surface area contributed by atoms with Crippen molar-refractivity contribution in [3.63, 3.8) is 0 Å². The molecule has 0 aliphatic rings. The summed E-state index contributed by atoms with van der Waals surface area (Å²) in [6.07, 6.45) is 0. The molecule has 0 fully saturated rings. The fourth-order valence-corrected chi connectivity index (χ4v) is 0.0208. The molecule has 28 valence electrons. The molecule has 4 nitrogen and oxygen atoms in total. The Bertz CT molecular complexity index is 56.0. The van der Waals surface area contributed by atoms with Crippen molar-refractivity contribution in [3.8, 4) is 0 Å². The van der Waals surface area contributed by atoms with Gasteiger partial charge in [0.1, 0.15) is 0 Å². The molecule has 0 aromatic rings. The molecular formula is CH2N2O2. The summed E-state index contributed by atoms with van der Waals surface area (Å²) in [5, 5.41) is 20.0. The Morgan fingerprint density at radius 2 is 1.60 bits per heavy atom. The minimum absolute atomic E-state index is 1.09. The first kappa shape index (κ1) is 3.98. The third-order valence-electron chi connectivity index (χ3n) is 0.102. The van der Waals surface area contributed by atoms with Gasteiger partial charge in [-0.15, -0.1) is 10.3 Å². The molecule has 0 radical (unpaired) electrons. The minimum atomic E-state index is 1.09. The minimum Gasteiger partial charge on any atom is -0.613 e. The Labute approximate surface area is 28.0 Å². The van der Waals surface area contributed by atoms with E-state index in [1.54, 1.807) is 0 Å². The fourth-order valence-electron chi connectivity index (χ4n) is 0.0208.